The van der Waals surface area contributed by atoms with E-state index in [1.165, 1.54) is 6.07 Å². The lowest BCUT2D eigenvalue weighted by atomic mass is 10.1. The number of rotatable bonds is 5. The number of pyridine rings is 1. The van der Waals surface area contributed by atoms with E-state index in [0.29, 0.717) is 17.2 Å². The Bertz CT molecular complexity index is 678. The molecule has 0 spiro atoms. The highest BCUT2D eigenvalue weighted by Gasteiger charge is 2.11. The van der Waals surface area contributed by atoms with Crippen LogP contribution in [-0.2, 0) is 0 Å². The SMILES string of the molecule is COc1cc(/C=C/c2cc[nH]c(=O)c2)cc(OC)c1OC. The molecule has 1 heterocycles. The van der Waals surface area contributed by atoms with Crippen LogP contribution in [0.1, 0.15) is 11.1 Å². The number of methoxy groups -OCH3 is 3. The van der Waals surface area contributed by atoms with Crippen LogP contribution >= 0.6 is 0 Å². The predicted octanol–water partition coefficient (Wildman–Crippen LogP) is 2.57. The van der Waals surface area contributed by atoms with E-state index in [2.05, 4.69) is 4.98 Å². The van der Waals surface area contributed by atoms with Crippen LogP contribution in [0.4, 0.5) is 0 Å². The molecular weight excluding hydrogens is 270 g/mol. The van der Waals surface area contributed by atoms with Crippen molar-refractivity contribution in [2.24, 2.45) is 0 Å². The highest BCUT2D eigenvalue weighted by atomic mass is 16.5. The first-order valence-corrected chi connectivity index (χ1v) is 6.34. The quantitative estimate of drug-likeness (QED) is 0.918. The summed E-state index contributed by atoms with van der Waals surface area (Å²) in [5.74, 6) is 1.72. The summed E-state index contributed by atoms with van der Waals surface area (Å²) < 4.78 is 15.9. The van der Waals surface area contributed by atoms with E-state index in [4.69, 9.17) is 14.2 Å². The largest absolute Gasteiger partial charge is 0.493 e. The first-order chi connectivity index (χ1) is 10.2. The lowest BCUT2D eigenvalue weighted by molar-refractivity contribution is 0.324. The number of H-pyrrole nitrogens is 1. The molecule has 0 bridgehead atoms. The Kier molecular flexibility index (Phi) is 4.66. The Morgan fingerprint density at radius 3 is 2.05 bits per heavy atom. The second-order valence-electron chi connectivity index (χ2n) is 4.28. The molecule has 0 fully saturated rings. The van der Waals surface area contributed by atoms with Crippen molar-refractivity contribution in [3.05, 3.63) is 51.9 Å². The fourth-order valence-corrected chi connectivity index (χ4v) is 1.95. The van der Waals surface area contributed by atoms with Gasteiger partial charge in [-0.1, -0.05) is 12.2 Å². The third-order valence-electron chi connectivity index (χ3n) is 2.95. The van der Waals surface area contributed by atoms with E-state index < -0.39 is 0 Å². The Morgan fingerprint density at radius 1 is 0.905 bits per heavy atom. The topological polar surface area (TPSA) is 60.6 Å². The molecular formula is C16H17NO4. The van der Waals surface area contributed by atoms with E-state index in [-0.39, 0.29) is 5.56 Å². The highest BCUT2D eigenvalue weighted by molar-refractivity contribution is 5.72. The van der Waals surface area contributed by atoms with Crippen LogP contribution in [-0.4, -0.2) is 26.3 Å². The normalized spacial score (nSPS) is 10.6. The lowest BCUT2D eigenvalue weighted by Gasteiger charge is -2.12. The number of nitrogens with one attached hydrogen (secondary N) is 1. The average Bonchev–Trinajstić information content (AvgIpc) is 2.51. The van der Waals surface area contributed by atoms with Gasteiger partial charge in [0.25, 0.3) is 0 Å². The molecule has 2 aromatic rings. The molecule has 0 aliphatic heterocycles. The number of ether oxygens (including phenoxy) is 3. The van der Waals surface area contributed by atoms with E-state index in [1.807, 2.05) is 30.4 Å². The summed E-state index contributed by atoms with van der Waals surface area (Å²) >= 11 is 0. The number of hydrogen-bond acceptors (Lipinski definition) is 4. The van der Waals surface area contributed by atoms with Crippen molar-refractivity contribution < 1.29 is 14.2 Å². The molecule has 1 aromatic carbocycles. The number of hydrogen-bond donors (Lipinski definition) is 1. The van der Waals surface area contributed by atoms with Gasteiger partial charge in [0.05, 0.1) is 21.3 Å². The summed E-state index contributed by atoms with van der Waals surface area (Å²) in [5.41, 5.74) is 1.55. The van der Waals surface area contributed by atoms with Gasteiger partial charge in [0.15, 0.2) is 11.5 Å². The molecule has 0 atom stereocenters. The van der Waals surface area contributed by atoms with Gasteiger partial charge in [-0.3, -0.25) is 4.79 Å². The lowest BCUT2D eigenvalue weighted by Crippen LogP contribution is -2.01. The molecule has 0 aliphatic rings. The Labute approximate surface area is 122 Å². The van der Waals surface area contributed by atoms with Crippen LogP contribution in [0.5, 0.6) is 17.2 Å². The fourth-order valence-electron chi connectivity index (χ4n) is 1.95. The van der Waals surface area contributed by atoms with Crippen molar-refractivity contribution in [2.75, 3.05) is 21.3 Å². The minimum atomic E-state index is -0.137. The third-order valence-corrected chi connectivity index (χ3v) is 2.95. The minimum absolute atomic E-state index is 0.137. The van der Waals surface area contributed by atoms with Crippen LogP contribution in [0, 0.1) is 0 Å². The van der Waals surface area contributed by atoms with Gasteiger partial charge < -0.3 is 19.2 Å². The summed E-state index contributed by atoms with van der Waals surface area (Å²) in [4.78, 5) is 13.8. The molecule has 0 saturated carbocycles. The molecule has 21 heavy (non-hydrogen) atoms. The van der Waals surface area contributed by atoms with Crippen molar-refractivity contribution in [1.29, 1.82) is 0 Å². The maximum atomic E-state index is 11.2. The van der Waals surface area contributed by atoms with E-state index in [1.54, 1.807) is 27.5 Å². The van der Waals surface area contributed by atoms with Crippen molar-refractivity contribution in [3.63, 3.8) is 0 Å². The van der Waals surface area contributed by atoms with Gasteiger partial charge in [-0.15, -0.1) is 0 Å². The summed E-state index contributed by atoms with van der Waals surface area (Å²) in [6.07, 6.45) is 5.33. The summed E-state index contributed by atoms with van der Waals surface area (Å²) in [7, 11) is 4.70. The van der Waals surface area contributed by atoms with Gasteiger partial charge in [-0.2, -0.15) is 0 Å². The molecule has 1 aromatic heterocycles. The average molecular weight is 287 g/mol. The number of benzene rings is 1. The van der Waals surface area contributed by atoms with Crippen molar-refractivity contribution in [2.45, 2.75) is 0 Å². The molecule has 0 unspecified atom stereocenters. The van der Waals surface area contributed by atoms with Gasteiger partial charge in [0.2, 0.25) is 11.3 Å². The molecule has 0 radical (unpaired) electrons. The molecule has 0 saturated heterocycles. The van der Waals surface area contributed by atoms with Gasteiger partial charge in [0.1, 0.15) is 0 Å². The Balaban J connectivity index is 2.38. The van der Waals surface area contributed by atoms with Gasteiger partial charge >= 0.3 is 0 Å². The van der Waals surface area contributed by atoms with E-state index in [9.17, 15) is 4.79 Å². The second-order valence-corrected chi connectivity index (χ2v) is 4.28. The Morgan fingerprint density at radius 2 is 1.52 bits per heavy atom. The minimum Gasteiger partial charge on any atom is -0.493 e. The monoisotopic (exact) mass is 287 g/mol. The van der Waals surface area contributed by atoms with Crippen LogP contribution in [0.3, 0.4) is 0 Å². The summed E-state index contributed by atoms with van der Waals surface area (Å²) in [6, 6.07) is 7.01. The second kappa shape index (κ2) is 6.65. The van der Waals surface area contributed by atoms with Crippen molar-refractivity contribution in [1.82, 2.24) is 4.98 Å². The smallest absolute Gasteiger partial charge is 0.248 e. The number of aromatic nitrogens is 1. The van der Waals surface area contributed by atoms with Gasteiger partial charge in [-0.05, 0) is 29.3 Å². The summed E-state index contributed by atoms with van der Waals surface area (Å²) in [6.45, 7) is 0. The standard InChI is InChI=1S/C16H17NO4/c1-19-13-8-12(9-14(20-2)16(13)21-3)5-4-11-6-7-17-15(18)10-11/h4-10H,1-3H3,(H,17,18)/b5-4+. The Hall–Kier alpha value is -2.69. The van der Waals surface area contributed by atoms with E-state index in [0.717, 1.165) is 11.1 Å². The molecule has 0 amide bonds. The van der Waals surface area contributed by atoms with Crippen LogP contribution in [0.25, 0.3) is 12.2 Å². The van der Waals surface area contributed by atoms with Crippen LogP contribution in [0.2, 0.25) is 0 Å². The predicted molar refractivity (Wildman–Crippen MR) is 82.1 cm³/mol. The maximum Gasteiger partial charge on any atom is 0.248 e. The first kappa shape index (κ1) is 14.7. The molecule has 0 aliphatic carbocycles. The fraction of sp³-hybridized carbons (Fsp3) is 0.188. The molecule has 5 heteroatoms. The van der Waals surface area contributed by atoms with Gasteiger partial charge in [0, 0.05) is 12.3 Å². The molecule has 110 valence electrons. The van der Waals surface area contributed by atoms with Gasteiger partial charge in [-0.25, -0.2) is 0 Å². The highest BCUT2D eigenvalue weighted by Crippen LogP contribution is 2.38. The zero-order valence-corrected chi connectivity index (χ0v) is 12.2. The molecule has 1 N–H and O–H groups in total. The van der Waals surface area contributed by atoms with Crippen LogP contribution in [0.15, 0.2) is 35.3 Å². The number of aromatic amines is 1. The zero-order chi connectivity index (χ0) is 15.2. The van der Waals surface area contributed by atoms with Crippen molar-refractivity contribution >= 4 is 12.2 Å². The van der Waals surface area contributed by atoms with Crippen molar-refractivity contribution in [3.8, 4) is 17.2 Å². The maximum absolute atomic E-state index is 11.2. The summed E-state index contributed by atoms with van der Waals surface area (Å²) in [5, 5.41) is 0. The van der Waals surface area contributed by atoms with Crippen LogP contribution < -0.4 is 19.8 Å². The van der Waals surface area contributed by atoms with E-state index >= 15 is 0 Å². The first-order valence-electron chi connectivity index (χ1n) is 6.34. The third kappa shape index (κ3) is 3.45. The molecule has 5 nitrogen and oxygen atoms in total. The zero-order valence-electron chi connectivity index (χ0n) is 12.2. The molecule has 2 rings (SSSR count).